The van der Waals surface area contributed by atoms with Gasteiger partial charge in [0.25, 0.3) is 0 Å². The number of carbonyl (C=O) groups excluding carboxylic acids is 1. The molecule has 3 atom stereocenters. The molecule has 1 unspecified atom stereocenters. The standard InChI is InChI=1S/C32H42ClN9O3/c1-19-13-25-22(15-36-39-25)27(28(19)33)26-14-24-23(17-42(26)31(43)45-32(2,3)4)29(41-12-10-35-20(16-41)8-9-34)38-30(37-24)44-18-21-7-6-11-40(21)5/h13,15,20-21,26,35H,6-8,10-12,14,16-18H2,1-5H3,(H,36,39)/t20-,21-,26?/m0/s1. The summed E-state index contributed by atoms with van der Waals surface area (Å²) < 4.78 is 12.3. The van der Waals surface area contributed by atoms with Gasteiger partial charge in [0.05, 0.1) is 42.5 Å². The Labute approximate surface area is 269 Å². The molecule has 1 aromatic carbocycles. The first-order chi connectivity index (χ1) is 21.5. The maximum Gasteiger partial charge on any atom is 0.411 e. The van der Waals surface area contributed by atoms with Gasteiger partial charge >= 0.3 is 12.1 Å². The summed E-state index contributed by atoms with van der Waals surface area (Å²) in [6, 6.07) is 4.43. The number of nitriles is 1. The predicted molar refractivity (Wildman–Crippen MR) is 171 cm³/mol. The second-order valence-electron chi connectivity index (χ2n) is 13.4. The molecule has 0 aliphatic carbocycles. The molecule has 3 aliphatic heterocycles. The van der Waals surface area contributed by atoms with Gasteiger partial charge in [0, 0.05) is 59.7 Å². The number of halogens is 1. The molecule has 6 rings (SSSR count). The van der Waals surface area contributed by atoms with Gasteiger partial charge < -0.3 is 24.6 Å². The lowest BCUT2D eigenvalue weighted by Crippen LogP contribution is -2.51. The molecule has 1 amide bonds. The third-order valence-electron chi connectivity index (χ3n) is 8.97. The second-order valence-corrected chi connectivity index (χ2v) is 13.8. The Morgan fingerprint density at radius 2 is 2.09 bits per heavy atom. The lowest BCUT2D eigenvalue weighted by atomic mass is 9.90. The number of aromatic nitrogens is 4. The van der Waals surface area contributed by atoms with E-state index in [2.05, 4.69) is 38.4 Å². The molecule has 0 radical (unpaired) electrons. The molecule has 13 heteroatoms. The number of likely N-dealkylation sites (N-methyl/N-ethyl adjacent to an activating group) is 1. The predicted octanol–water partition coefficient (Wildman–Crippen LogP) is 4.51. The molecule has 3 aromatic rings. The Bertz CT molecular complexity index is 1610. The number of likely N-dealkylation sites (tertiary alicyclic amines) is 1. The number of nitrogens with zero attached hydrogens (tertiary/aromatic N) is 7. The average molecular weight is 636 g/mol. The monoisotopic (exact) mass is 635 g/mol. The van der Waals surface area contributed by atoms with Crippen LogP contribution in [0.1, 0.15) is 68.5 Å². The van der Waals surface area contributed by atoms with Crippen molar-refractivity contribution in [3.8, 4) is 12.1 Å². The Kier molecular flexibility index (Phi) is 8.78. The van der Waals surface area contributed by atoms with E-state index in [1.807, 2.05) is 33.8 Å². The number of hydrogen-bond donors (Lipinski definition) is 2. The van der Waals surface area contributed by atoms with Gasteiger partial charge in [-0.05, 0) is 65.8 Å². The number of piperazine rings is 1. The van der Waals surface area contributed by atoms with E-state index < -0.39 is 17.7 Å². The van der Waals surface area contributed by atoms with E-state index >= 15 is 0 Å². The molecular formula is C32H42ClN9O3. The summed E-state index contributed by atoms with van der Waals surface area (Å²) in [7, 11) is 2.12. The van der Waals surface area contributed by atoms with Crippen molar-refractivity contribution < 1.29 is 14.3 Å². The molecule has 2 saturated heterocycles. The van der Waals surface area contributed by atoms with E-state index in [1.165, 1.54) is 0 Å². The van der Waals surface area contributed by atoms with E-state index in [4.69, 9.17) is 31.0 Å². The van der Waals surface area contributed by atoms with Gasteiger partial charge in [0.2, 0.25) is 0 Å². The van der Waals surface area contributed by atoms with E-state index in [-0.39, 0.29) is 12.6 Å². The largest absolute Gasteiger partial charge is 0.462 e. The number of nitrogens with one attached hydrogen (secondary N) is 2. The average Bonchev–Trinajstić information content (AvgIpc) is 3.63. The minimum Gasteiger partial charge on any atom is -0.462 e. The first kappa shape index (κ1) is 31.3. The van der Waals surface area contributed by atoms with Crippen LogP contribution in [0.5, 0.6) is 6.01 Å². The maximum absolute atomic E-state index is 14.0. The van der Waals surface area contributed by atoms with Crippen molar-refractivity contribution in [2.75, 3.05) is 44.7 Å². The third-order valence-corrected chi connectivity index (χ3v) is 9.48. The molecule has 45 heavy (non-hydrogen) atoms. The fourth-order valence-electron chi connectivity index (χ4n) is 6.68. The Morgan fingerprint density at radius 1 is 1.27 bits per heavy atom. The summed E-state index contributed by atoms with van der Waals surface area (Å²) in [5, 5.41) is 21.6. The van der Waals surface area contributed by atoms with Crippen LogP contribution >= 0.6 is 11.6 Å². The van der Waals surface area contributed by atoms with Gasteiger partial charge in [-0.2, -0.15) is 20.3 Å². The number of carbonyl (C=O) groups is 1. The zero-order chi connectivity index (χ0) is 31.9. The Balaban J connectivity index is 1.45. The molecule has 2 fully saturated rings. The third kappa shape index (κ3) is 6.52. The molecular weight excluding hydrogens is 594 g/mol. The topological polar surface area (TPSA) is 136 Å². The first-order valence-electron chi connectivity index (χ1n) is 15.7. The van der Waals surface area contributed by atoms with E-state index in [1.54, 1.807) is 11.1 Å². The highest BCUT2D eigenvalue weighted by molar-refractivity contribution is 6.33. The number of anilines is 1. The minimum absolute atomic E-state index is 0.00430. The van der Waals surface area contributed by atoms with Crippen molar-refractivity contribution in [1.29, 1.82) is 5.26 Å². The number of amides is 1. The molecule has 5 heterocycles. The van der Waals surface area contributed by atoms with Crippen molar-refractivity contribution in [2.45, 2.75) is 83.6 Å². The van der Waals surface area contributed by atoms with Crippen LogP contribution in [0.2, 0.25) is 5.02 Å². The molecule has 12 nitrogen and oxygen atoms in total. The summed E-state index contributed by atoms with van der Waals surface area (Å²) in [6.07, 6.45) is 4.31. The van der Waals surface area contributed by atoms with Gasteiger partial charge in [-0.25, -0.2) is 4.79 Å². The normalized spacial score (nSPS) is 22.4. The number of benzene rings is 1. The Morgan fingerprint density at radius 3 is 2.82 bits per heavy atom. The highest BCUT2D eigenvalue weighted by atomic mass is 35.5. The number of aryl methyl sites for hydroxylation is 1. The smallest absolute Gasteiger partial charge is 0.411 e. The fraction of sp³-hybridized carbons (Fsp3) is 0.594. The van der Waals surface area contributed by atoms with Crippen molar-refractivity contribution in [1.82, 2.24) is 35.3 Å². The summed E-state index contributed by atoms with van der Waals surface area (Å²) in [5.41, 5.74) is 3.51. The van der Waals surface area contributed by atoms with Crippen LogP contribution in [0.4, 0.5) is 10.6 Å². The summed E-state index contributed by atoms with van der Waals surface area (Å²) >= 11 is 7.03. The zero-order valence-corrected chi connectivity index (χ0v) is 27.4. The lowest BCUT2D eigenvalue weighted by Gasteiger charge is -2.41. The molecule has 240 valence electrons. The number of rotatable bonds is 6. The van der Waals surface area contributed by atoms with Crippen molar-refractivity contribution in [3.05, 3.63) is 39.7 Å². The van der Waals surface area contributed by atoms with Crippen LogP contribution in [0.3, 0.4) is 0 Å². The summed E-state index contributed by atoms with van der Waals surface area (Å²) in [4.78, 5) is 30.2. The van der Waals surface area contributed by atoms with Crippen LogP contribution in [-0.4, -0.2) is 93.6 Å². The molecule has 0 saturated carbocycles. The summed E-state index contributed by atoms with van der Waals surface area (Å²) in [6.45, 7) is 11.3. The van der Waals surface area contributed by atoms with Gasteiger partial charge in [0.1, 0.15) is 18.0 Å². The van der Waals surface area contributed by atoms with Crippen molar-refractivity contribution >= 4 is 34.4 Å². The van der Waals surface area contributed by atoms with E-state index in [0.29, 0.717) is 56.2 Å². The van der Waals surface area contributed by atoms with Crippen LogP contribution in [-0.2, 0) is 17.7 Å². The lowest BCUT2D eigenvalue weighted by molar-refractivity contribution is 0.0115. The number of aromatic amines is 1. The van der Waals surface area contributed by atoms with Gasteiger partial charge in [0.15, 0.2) is 0 Å². The molecule has 0 bridgehead atoms. The number of hydrogen-bond acceptors (Lipinski definition) is 10. The van der Waals surface area contributed by atoms with Gasteiger partial charge in [-0.3, -0.25) is 10.00 Å². The van der Waals surface area contributed by atoms with Crippen LogP contribution in [0.25, 0.3) is 10.9 Å². The maximum atomic E-state index is 14.0. The first-order valence-corrected chi connectivity index (χ1v) is 16.1. The zero-order valence-electron chi connectivity index (χ0n) is 26.7. The number of fused-ring (bicyclic) bond motifs is 2. The number of ether oxygens (including phenoxy) is 2. The molecule has 3 aliphatic rings. The van der Waals surface area contributed by atoms with E-state index in [9.17, 15) is 10.1 Å². The fourth-order valence-corrected chi connectivity index (χ4v) is 6.96. The van der Waals surface area contributed by atoms with Crippen molar-refractivity contribution in [2.24, 2.45) is 0 Å². The van der Waals surface area contributed by atoms with Crippen LogP contribution in [0.15, 0.2) is 12.3 Å². The van der Waals surface area contributed by atoms with Gasteiger partial charge in [-0.15, -0.1) is 0 Å². The van der Waals surface area contributed by atoms with Crippen LogP contribution in [0, 0.1) is 18.3 Å². The molecule has 2 N–H and O–H groups in total. The molecule has 2 aromatic heterocycles. The summed E-state index contributed by atoms with van der Waals surface area (Å²) in [5.74, 6) is 0.732. The van der Waals surface area contributed by atoms with E-state index in [0.717, 1.165) is 58.5 Å². The quantitative estimate of drug-likeness (QED) is 0.398. The van der Waals surface area contributed by atoms with Gasteiger partial charge in [-0.1, -0.05) is 11.6 Å². The molecule has 0 spiro atoms. The highest BCUT2D eigenvalue weighted by Crippen LogP contribution is 2.43. The number of H-pyrrole nitrogens is 1. The highest BCUT2D eigenvalue weighted by Gasteiger charge is 2.40. The van der Waals surface area contributed by atoms with Crippen molar-refractivity contribution in [3.63, 3.8) is 0 Å². The second kappa shape index (κ2) is 12.6. The SMILES string of the molecule is Cc1cc2[nH]ncc2c(C2Cc3nc(OC[C@@H]4CCCN4C)nc(N4CCN[C@@H](CC#N)C4)c3CN2C(=O)OC(C)(C)C)c1Cl. The Hall–Kier alpha value is -3.66. The van der Waals surface area contributed by atoms with Crippen LogP contribution < -0.4 is 15.0 Å². The minimum atomic E-state index is -0.698.